The van der Waals surface area contributed by atoms with E-state index in [1.54, 1.807) is 32.9 Å². The van der Waals surface area contributed by atoms with Gasteiger partial charge in [-0.05, 0) is 32.9 Å². The summed E-state index contributed by atoms with van der Waals surface area (Å²) in [6.07, 6.45) is 0.882. The molecule has 2 aromatic rings. The summed E-state index contributed by atoms with van der Waals surface area (Å²) < 4.78 is 6.57. The lowest BCUT2D eigenvalue weighted by molar-refractivity contribution is 0.0543. The molecule has 1 aromatic carbocycles. The molecular formula is C13H15NO3. The summed E-state index contributed by atoms with van der Waals surface area (Å²) in [6.45, 7) is 5.41. The lowest BCUT2D eigenvalue weighted by atomic mass is 10.2. The highest BCUT2D eigenvalue weighted by Crippen LogP contribution is 2.27. The van der Waals surface area contributed by atoms with Crippen LogP contribution in [0.2, 0.25) is 0 Å². The van der Waals surface area contributed by atoms with Crippen molar-refractivity contribution in [3.05, 3.63) is 30.5 Å². The van der Waals surface area contributed by atoms with Crippen molar-refractivity contribution in [2.45, 2.75) is 26.4 Å². The van der Waals surface area contributed by atoms with Gasteiger partial charge in [0.15, 0.2) is 0 Å². The highest BCUT2D eigenvalue weighted by atomic mass is 16.6. The standard InChI is InChI=1S/C13H15NO3/c1-13(2,3)17-12(16)14-8-11(15)9-6-4-5-7-10(9)14/h4-8,15H,1-3H3. The zero-order chi connectivity index (χ0) is 12.6. The number of aromatic nitrogens is 1. The number of benzene rings is 1. The first kappa shape index (κ1) is 11.5. The Bertz CT molecular complexity index is 564. The van der Waals surface area contributed by atoms with Gasteiger partial charge in [0.05, 0.1) is 11.7 Å². The Morgan fingerprint density at radius 1 is 1.29 bits per heavy atom. The van der Waals surface area contributed by atoms with Crippen LogP contribution in [0.1, 0.15) is 20.8 Å². The third-order valence-corrected chi connectivity index (χ3v) is 2.28. The van der Waals surface area contributed by atoms with Gasteiger partial charge in [0.25, 0.3) is 0 Å². The molecule has 90 valence electrons. The van der Waals surface area contributed by atoms with Crippen molar-refractivity contribution in [3.63, 3.8) is 0 Å². The van der Waals surface area contributed by atoms with Crippen molar-refractivity contribution in [2.75, 3.05) is 0 Å². The van der Waals surface area contributed by atoms with Crippen molar-refractivity contribution in [1.29, 1.82) is 0 Å². The Kier molecular flexibility index (Phi) is 2.58. The Hall–Kier alpha value is -1.97. The summed E-state index contributed by atoms with van der Waals surface area (Å²) in [5.41, 5.74) is 0.0807. The third kappa shape index (κ3) is 2.25. The summed E-state index contributed by atoms with van der Waals surface area (Å²) in [5, 5.41) is 10.3. The van der Waals surface area contributed by atoms with Crippen LogP contribution in [0.3, 0.4) is 0 Å². The van der Waals surface area contributed by atoms with Crippen LogP contribution in [0.4, 0.5) is 4.79 Å². The number of carbonyl (C=O) groups excluding carboxylic acids is 1. The van der Waals surface area contributed by atoms with E-state index < -0.39 is 11.7 Å². The first-order chi connectivity index (χ1) is 7.88. The minimum Gasteiger partial charge on any atom is -0.506 e. The Morgan fingerprint density at radius 2 is 1.94 bits per heavy atom. The number of para-hydroxylation sites is 1. The van der Waals surface area contributed by atoms with Crippen LogP contribution >= 0.6 is 0 Å². The smallest absolute Gasteiger partial charge is 0.419 e. The van der Waals surface area contributed by atoms with Crippen LogP contribution in [0.15, 0.2) is 30.5 Å². The second kappa shape index (κ2) is 3.80. The van der Waals surface area contributed by atoms with Crippen molar-refractivity contribution >= 4 is 17.0 Å². The van der Waals surface area contributed by atoms with E-state index >= 15 is 0 Å². The molecule has 0 bridgehead atoms. The third-order valence-electron chi connectivity index (χ3n) is 2.28. The molecule has 0 unspecified atom stereocenters. The van der Waals surface area contributed by atoms with Crippen molar-refractivity contribution in [3.8, 4) is 5.75 Å². The molecule has 4 heteroatoms. The fraction of sp³-hybridized carbons (Fsp3) is 0.308. The number of hydrogen-bond acceptors (Lipinski definition) is 3. The van der Waals surface area contributed by atoms with Gasteiger partial charge in [0.1, 0.15) is 11.4 Å². The molecule has 17 heavy (non-hydrogen) atoms. The fourth-order valence-corrected chi connectivity index (χ4v) is 1.62. The van der Waals surface area contributed by atoms with Gasteiger partial charge in [-0.2, -0.15) is 0 Å². The van der Waals surface area contributed by atoms with Crippen LogP contribution in [0.25, 0.3) is 10.9 Å². The largest absolute Gasteiger partial charge is 0.506 e. The van der Waals surface area contributed by atoms with Crippen LogP contribution in [-0.2, 0) is 4.74 Å². The van der Waals surface area contributed by atoms with E-state index in [2.05, 4.69) is 0 Å². The van der Waals surface area contributed by atoms with E-state index in [1.807, 2.05) is 12.1 Å². The molecule has 0 saturated carbocycles. The van der Waals surface area contributed by atoms with Gasteiger partial charge in [-0.25, -0.2) is 9.36 Å². The van der Waals surface area contributed by atoms with Crippen molar-refractivity contribution in [1.82, 2.24) is 4.57 Å². The molecule has 0 aliphatic rings. The number of ether oxygens (including phenoxy) is 1. The first-order valence-corrected chi connectivity index (χ1v) is 5.41. The maximum Gasteiger partial charge on any atom is 0.419 e. The van der Waals surface area contributed by atoms with Gasteiger partial charge < -0.3 is 9.84 Å². The molecule has 1 heterocycles. The molecule has 2 rings (SSSR count). The van der Waals surface area contributed by atoms with Crippen LogP contribution in [0.5, 0.6) is 5.75 Å². The number of rotatable bonds is 0. The molecule has 0 radical (unpaired) electrons. The topological polar surface area (TPSA) is 51.5 Å². The van der Waals surface area contributed by atoms with Gasteiger partial charge in [0, 0.05) is 5.39 Å². The molecule has 0 aliphatic carbocycles. The second-order valence-corrected chi connectivity index (χ2v) is 4.88. The van der Waals surface area contributed by atoms with Gasteiger partial charge >= 0.3 is 6.09 Å². The number of carbonyl (C=O) groups is 1. The van der Waals surface area contributed by atoms with Gasteiger partial charge in [-0.3, -0.25) is 0 Å². The number of aromatic hydroxyl groups is 1. The molecule has 0 amide bonds. The summed E-state index contributed by atoms with van der Waals surface area (Å²) in [6, 6.07) is 7.13. The maximum atomic E-state index is 11.9. The zero-order valence-electron chi connectivity index (χ0n) is 10.1. The average molecular weight is 233 g/mol. The Morgan fingerprint density at radius 3 is 2.59 bits per heavy atom. The number of fused-ring (bicyclic) bond motifs is 1. The lowest BCUT2D eigenvalue weighted by Gasteiger charge is -2.19. The van der Waals surface area contributed by atoms with E-state index in [4.69, 9.17) is 4.74 Å². The van der Waals surface area contributed by atoms with Crippen molar-refractivity contribution < 1.29 is 14.6 Å². The summed E-state index contributed by atoms with van der Waals surface area (Å²) in [5.74, 6) is 0.0754. The zero-order valence-corrected chi connectivity index (χ0v) is 10.1. The molecule has 1 N–H and O–H groups in total. The summed E-state index contributed by atoms with van der Waals surface area (Å²) >= 11 is 0. The predicted molar refractivity (Wildman–Crippen MR) is 65.2 cm³/mol. The Labute approximate surface area is 99.4 Å². The van der Waals surface area contributed by atoms with Crippen LogP contribution in [-0.4, -0.2) is 21.4 Å². The van der Waals surface area contributed by atoms with E-state index in [0.29, 0.717) is 10.9 Å². The molecule has 1 aromatic heterocycles. The average Bonchev–Trinajstić information content (AvgIpc) is 2.55. The summed E-state index contributed by atoms with van der Waals surface area (Å²) in [4.78, 5) is 11.9. The monoisotopic (exact) mass is 233 g/mol. The Balaban J connectivity index is 2.46. The molecule has 0 fully saturated rings. The highest BCUT2D eigenvalue weighted by molar-refractivity contribution is 5.93. The van der Waals surface area contributed by atoms with E-state index in [9.17, 15) is 9.90 Å². The normalized spacial score (nSPS) is 11.7. The minimum atomic E-state index is -0.557. The van der Waals surface area contributed by atoms with Gasteiger partial charge in [-0.15, -0.1) is 0 Å². The second-order valence-electron chi connectivity index (χ2n) is 4.88. The quantitative estimate of drug-likeness (QED) is 0.760. The molecular weight excluding hydrogens is 218 g/mol. The SMILES string of the molecule is CC(C)(C)OC(=O)n1cc(O)c2ccccc21. The van der Waals surface area contributed by atoms with E-state index in [-0.39, 0.29) is 5.75 Å². The molecule has 0 aliphatic heterocycles. The van der Waals surface area contributed by atoms with Crippen LogP contribution < -0.4 is 0 Å². The molecule has 4 nitrogen and oxygen atoms in total. The van der Waals surface area contributed by atoms with Crippen LogP contribution in [0, 0.1) is 0 Å². The number of nitrogens with zero attached hydrogens (tertiary/aromatic N) is 1. The summed E-state index contributed by atoms with van der Waals surface area (Å²) in [7, 11) is 0. The highest BCUT2D eigenvalue weighted by Gasteiger charge is 2.20. The van der Waals surface area contributed by atoms with E-state index in [0.717, 1.165) is 0 Å². The molecule has 0 saturated heterocycles. The molecule has 0 atom stereocenters. The predicted octanol–water partition coefficient (Wildman–Crippen LogP) is 3.13. The minimum absolute atomic E-state index is 0.0754. The fourth-order valence-electron chi connectivity index (χ4n) is 1.62. The maximum absolute atomic E-state index is 11.9. The van der Waals surface area contributed by atoms with Gasteiger partial charge in [0.2, 0.25) is 0 Å². The lowest BCUT2D eigenvalue weighted by Crippen LogP contribution is -2.26. The molecule has 0 spiro atoms. The van der Waals surface area contributed by atoms with Crippen molar-refractivity contribution in [2.24, 2.45) is 0 Å². The first-order valence-electron chi connectivity index (χ1n) is 5.41. The van der Waals surface area contributed by atoms with E-state index in [1.165, 1.54) is 10.8 Å². The van der Waals surface area contributed by atoms with Gasteiger partial charge in [-0.1, -0.05) is 12.1 Å². The number of hydrogen-bond donors (Lipinski definition) is 1.